The molecule has 0 heterocycles. The van der Waals surface area contributed by atoms with Crippen molar-refractivity contribution in [2.75, 3.05) is 18.4 Å². The zero-order valence-electron chi connectivity index (χ0n) is 23.5. The molecule has 0 saturated heterocycles. The number of guanidine groups is 1. The second-order valence-corrected chi connectivity index (χ2v) is 10.4. The topological polar surface area (TPSA) is 233 Å². The monoisotopic (exact) mass is 564 g/mol. The number of rotatable bonds is 14. The predicted octanol–water partition coefficient (Wildman–Crippen LogP) is 1.13. The Morgan fingerprint density at radius 2 is 1.65 bits per heavy atom. The number of anilines is 1. The van der Waals surface area contributed by atoms with Gasteiger partial charge in [-0.3, -0.25) is 29.5 Å². The van der Waals surface area contributed by atoms with E-state index in [-0.39, 0.29) is 36.2 Å². The van der Waals surface area contributed by atoms with Crippen LogP contribution in [0.3, 0.4) is 0 Å². The standard InChI is InChI=1S/C25H40N8O7/c1-15(2)13-19(32-24(37)40-25(3,4)5)21(35)29-14-20(34)31-18(7-6-12-28-23(26)27)22(36)30-16-8-10-17(11-9-16)33(38)39/h8-11,15,18-19H,6-7,12-14H2,1-5H3,(H,29,35)(H,30,36)(H,31,34)(H,32,37)(H4,26,27,28)/t18-,19-/m0/s1. The molecule has 4 amide bonds. The molecule has 1 aromatic rings. The van der Waals surface area contributed by atoms with E-state index in [1.807, 2.05) is 13.8 Å². The van der Waals surface area contributed by atoms with Crippen LogP contribution < -0.4 is 32.7 Å². The van der Waals surface area contributed by atoms with E-state index in [0.717, 1.165) is 0 Å². The molecule has 0 spiro atoms. The summed E-state index contributed by atoms with van der Waals surface area (Å²) in [7, 11) is 0. The van der Waals surface area contributed by atoms with E-state index in [4.69, 9.17) is 16.2 Å². The summed E-state index contributed by atoms with van der Waals surface area (Å²) in [6.45, 7) is 8.59. The van der Waals surface area contributed by atoms with Crippen molar-refractivity contribution >= 4 is 41.1 Å². The highest BCUT2D eigenvalue weighted by molar-refractivity contribution is 5.98. The molecule has 40 heavy (non-hydrogen) atoms. The summed E-state index contributed by atoms with van der Waals surface area (Å²) in [6.07, 6.45) is 0.0454. The average molecular weight is 565 g/mol. The zero-order chi connectivity index (χ0) is 30.5. The molecule has 1 aromatic carbocycles. The number of aliphatic imine (C=N–C) groups is 1. The summed E-state index contributed by atoms with van der Waals surface area (Å²) in [5, 5.41) is 21.0. The van der Waals surface area contributed by atoms with Gasteiger partial charge in [-0.15, -0.1) is 0 Å². The number of nitrogens with two attached hydrogens (primary N) is 2. The van der Waals surface area contributed by atoms with Crippen LogP contribution >= 0.6 is 0 Å². The fourth-order valence-corrected chi connectivity index (χ4v) is 3.36. The summed E-state index contributed by atoms with van der Waals surface area (Å²) in [5.41, 5.74) is 10.0. The highest BCUT2D eigenvalue weighted by Crippen LogP contribution is 2.16. The molecule has 0 aliphatic rings. The molecule has 15 heteroatoms. The van der Waals surface area contributed by atoms with E-state index in [0.29, 0.717) is 12.8 Å². The van der Waals surface area contributed by atoms with Gasteiger partial charge in [-0.05, 0) is 58.1 Å². The number of nitro benzene ring substituents is 1. The number of carbonyl (C=O) groups is 4. The van der Waals surface area contributed by atoms with Gasteiger partial charge in [0.15, 0.2) is 5.96 Å². The SMILES string of the molecule is CC(C)C[C@H](NC(=O)OC(C)(C)C)C(=O)NCC(=O)N[C@@H](CCCN=C(N)N)C(=O)Nc1ccc([N+](=O)[O-])cc1. The van der Waals surface area contributed by atoms with Gasteiger partial charge in [0.2, 0.25) is 17.7 Å². The number of alkyl carbamates (subject to hydrolysis) is 1. The third-order valence-electron chi connectivity index (χ3n) is 5.08. The molecular formula is C25H40N8O7. The van der Waals surface area contributed by atoms with Gasteiger partial charge in [0.25, 0.3) is 5.69 Å². The van der Waals surface area contributed by atoms with Crippen LogP contribution in [-0.4, -0.2) is 65.5 Å². The van der Waals surface area contributed by atoms with Gasteiger partial charge >= 0.3 is 6.09 Å². The Labute approximate surface area is 233 Å². The Kier molecular flexibility index (Phi) is 13.3. The van der Waals surface area contributed by atoms with Gasteiger partial charge < -0.3 is 37.5 Å². The van der Waals surface area contributed by atoms with E-state index in [1.165, 1.54) is 24.3 Å². The molecule has 0 saturated carbocycles. The van der Waals surface area contributed by atoms with Crippen molar-refractivity contribution in [3.8, 4) is 0 Å². The van der Waals surface area contributed by atoms with Gasteiger partial charge in [0.05, 0.1) is 11.5 Å². The van der Waals surface area contributed by atoms with Gasteiger partial charge in [0.1, 0.15) is 17.7 Å². The van der Waals surface area contributed by atoms with Crippen LogP contribution in [0.25, 0.3) is 0 Å². The van der Waals surface area contributed by atoms with Crippen molar-refractivity contribution in [1.82, 2.24) is 16.0 Å². The minimum atomic E-state index is -1.03. The maximum absolute atomic E-state index is 12.9. The van der Waals surface area contributed by atoms with E-state index >= 15 is 0 Å². The molecule has 2 atom stereocenters. The van der Waals surface area contributed by atoms with E-state index in [2.05, 4.69) is 26.3 Å². The summed E-state index contributed by atoms with van der Waals surface area (Å²) >= 11 is 0. The number of nitro groups is 1. The molecule has 15 nitrogen and oxygen atoms in total. The number of benzene rings is 1. The van der Waals surface area contributed by atoms with Crippen molar-refractivity contribution in [3.63, 3.8) is 0 Å². The Morgan fingerprint density at radius 3 is 2.17 bits per heavy atom. The maximum Gasteiger partial charge on any atom is 0.408 e. The molecule has 0 fully saturated rings. The molecular weight excluding hydrogens is 524 g/mol. The van der Waals surface area contributed by atoms with E-state index < -0.39 is 53.0 Å². The van der Waals surface area contributed by atoms with Crippen LogP contribution in [0.2, 0.25) is 0 Å². The fourth-order valence-electron chi connectivity index (χ4n) is 3.36. The van der Waals surface area contributed by atoms with Gasteiger partial charge in [-0.2, -0.15) is 0 Å². The fraction of sp³-hybridized carbons (Fsp3) is 0.560. The average Bonchev–Trinajstić information content (AvgIpc) is 2.82. The number of hydrogen-bond donors (Lipinski definition) is 6. The number of ether oxygens (including phenoxy) is 1. The minimum absolute atomic E-state index is 0.0530. The van der Waals surface area contributed by atoms with Crippen molar-refractivity contribution in [3.05, 3.63) is 34.4 Å². The number of non-ortho nitro benzene ring substituents is 1. The first-order valence-electron chi connectivity index (χ1n) is 12.7. The van der Waals surface area contributed by atoms with Gasteiger partial charge in [-0.25, -0.2) is 4.79 Å². The largest absolute Gasteiger partial charge is 0.444 e. The van der Waals surface area contributed by atoms with Crippen LogP contribution in [-0.2, 0) is 19.1 Å². The van der Waals surface area contributed by atoms with Crippen LogP contribution in [0.4, 0.5) is 16.2 Å². The molecule has 222 valence electrons. The van der Waals surface area contributed by atoms with Crippen molar-refractivity contribution in [2.45, 2.75) is 71.6 Å². The first kappa shape index (κ1) is 33.6. The van der Waals surface area contributed by atoms with Crippen LogP contribution in [0.1, 0.15) is 53.9 Å². The normalized spacial score (nSPS) is 12.4. The van der Waals surface area contributed by atoms with Crippen LogP contribution in [0.5, 0.6) is 0 Å². The summed E-state index contributed by atoms with van der Waals surface area (Å²) in [4.78, 5) is 64.7. The second kappa shape index (κ2) is 15.9. The quantitative estimate of drug-likeness (QED) is 0.0623. The second-order valence-electron chi connectivity index (χ2n) is 10.4. The van der Waals surface area contributed by atoms with Crippen LogP contribution in [0, 0.1) is 16.0 Å². The lowest BCUT2D eigenvalue weighted by Crippen LogP contribution is -2.52. The molecule has 0 unspecified atom stereocenters. The van der Waals surface area contributed by atoms with Crippen molar-refractivity contribution in [1.29, 1.82) is 0 Å². The highest BCUT2D eigenvalue weighted by Gasteiger charge is 2.26. The first-order chi connectivity index (χ1) is 18.6. The summed E-state index contributed by atoms with van der Waals surface area (Å²) < 4.78 is 5.22. The minimum Gasteiger partial charge on any atom is -0.444 e. The molecule has 0 aromatic heterocycles. The van der Waals surface area contributed by atoms with Gasteiger partial charge in [0, 0.05) is 24.4 Å². The number of amides is 4. The summed E-state index contributed by atoms with van der Waals surface area (Å²) in [6, 6.07) is 3.22. The third-order valence-corrected chi connectivity index (χ3v) is 5.08. The van der Waals surface area contributed by atoms with E-state index in [9.17, 15) is 29.3 Å². The Bertz CT molecular complexity index is 1060. The predicted molar refractivity (Wildman–Crippen MR) is 149 cm³/mol. The smallest absolute Gasteiger partial charge is 0.408 e. The Morgan fingerprint density at radius 1 is 1.02 bits per heavy atom. The lowest BCUT2D eigenvalue weighted by Gasteiger charge is -2.24. The maximum atomic E-state index is 12.9. The number of hydrogen-bond acceptors (Lipinski definition) is 8. The molecule has 0 bridgehead atoms. The molecule has 0 aliphatic heterocycles. The number of carbonyl (C=O) groups excluding carboxylic acids is 4. The van der Waals surface area contributed by atoms with Crippen LogP contribution in [0.15, 0.2) is 29.3 Å². The number of nitrogens with zero attached hydrogens (tertiary/aromatic N) is 2. The Hall–Kier alpha value is -4.43. The zero-order valence-corrected chi connectivity index (χ0v) is 23.5. The van der Waals surface area contributed by atoms with Crippen molar-refractivity contribution in [2.24, 2.45) is 22.4 Å². The third kappa shape index (κ3) is 13.9. The molecule has 8 N–H and O–H groups in total. The lowest BCUT2D eigenvalue weighted by atomic mass is 10.0. The molecule has 1 rings (SSSR count). The first-order valence-corrected chi connectivity index (χ1v) is 12.7. The van der Waals surface area contributed by atoms with E-state index in [1.54, 1.807) is 20.8 Å². The molecule has 0 aliphatic carbocycles. The molecule has 0 radical (unpaired) electrons. The Balaban J connectivity index is 2.84. The highest BCUT2D eigenvalue weighted by atomic mass is 16.6. The van der Waals surface area contributed by atoms with Crippen molar-refractivity contribution < 1.29 is 28.8 Å². The number of nitrogens with one attached hydrogen (secondary N) is 4. The van der Waals surface area contributed by atoms with Gasteiger partial charge in [-0.1, -0.05) is 13.8 Å². The lowest BCUT2D eigenvalue weighted by molar-refractivity contribution is -0.384. The summed E-state index contributed by atoms with van der Waals surface area (Å²) in [5.74, 6) is -1.89.